The average molecular weight is 476 g/mol. The zero-order chi connectivity index (χ0) is 23.6. The summed E-state index contributed by atoms with van der Waals surface area (Å²) >= 11 is 6.38. The summed E-state index contributed by atoms with van der Waals surface area (Å²) in [6.45, 7) is 4.01. The largest absolute Gasteiger partial charge is 0.375 e. The second-order valence-corrected chi connectivity index (χ2v) is 8.64. The number of nitrogens with two attached hydrogens (primary N) is 1. The van der Waals surface area contributed by atoms with Crippen molar-refractivity contribution in [3.8, 4) is 17.3 Å². The molecule has 0 aliphatic rings. The second-order valence-electron chi connectivity index (χ2n) is 7.13. The number of anilines is 2. The first-order chi connectivity index (χ1) is 16.0. The minimum atomic E-state index is 0.113. The second kappa shape index (κ2) is 11.9. The van der Waals surface area contributed by atoms with Gasteiger partial charge in [0.2, 0.25) is 0 Å². The van der Waals surface area contributed by atoms with Crippen LogP contribution in [-0.2, 0) is 0 Å². The van der Waals surface area contributed by atoms with E-state index < -0.39 is 0 Å². The Morgan fingerprint density at radius 3 is 2.52 bits per heavy atom. The monoisotopic (exact) mass is 475 g/mol. The van der Waals surface area contributed by atoms with Crippen LogP contribution in [0.3, 0.4) is 0 Å². The van der Waals surface area contributed by atoms with E-state index in [0.29, 0.717) is 22.2 Å². The summed E-state index contributed by atoms with van der Waals surface area (Å²) in [6.07, 6.45) is 2.17. The van der Waals surface area contributed by atoms with Gasteiger partial charge in [0.05, 0.1) is 11.4 Å². The molecule has 0 unspecified atom stereocenters. The predicted octanol–water partition coefficient (Wildman–Crippen LogP) is 5.21. The molecule has 9 heteroatoms. The van der Waals surface area contributed by atoms with Crippen molar-refractivity contribution >= 4 is 46.3 Å². The maximum Gasteiger partial charge on any atom is 0.190 e. The van der Waals surface area contributed by atoms with Crippen LogP contribution in [-0.4, -0.2) is 26.5 Å². The number of unbranched alkanes of at least 4 members (excludes halogenated alkanes) is 1. The van der Waals surface area contributed by atoms with Crippen LogP contribution >= 0.6 is 24.0 Å². The molecule has 0 fully saturated rings. The first kappa shape index (κ1) is 24.2. The molecule has 1 heterocycles. The van der Waals surface area contributed by atoms with Crippen molar-refractivity contribution in [1.82, 2.24) is 15.4 Å². The van der Waals surface area contributed by atoms with Gasteiger partial charge in [0.25, 0.3) is 0 Å². The number of thiocarbonyl (C=S) groups is 1. The first-order valence-corrected chi connectivity index (χ1v) is 11.9. The van der Waals surface area contributed by atoms with E-state index in [-0.39, 0.29) is 5.11 Å². The molecule has 168 valence electrons. The van der Waals surface area contributed by atoms with Gasteiger partial charge in [-0.05, 0) is 43.3 Å². The van der Waals surface area contributed by atoms with Crippen LogP contribution < -0.4 is 16.5 Å². The van der Waals surface area contributed by atoms with Crippen LogP contribution in [0.15, 0.2) is 64.9 Å². The highest BCUT2D eigenvalue weighted by molar-refractivity contribution is 7.99. The summed E-state index contributed by atoms with van der Waals surface area (Å²) in [7, 11) is 0. The zero-order valence-corrected chi connectivity index (χ0v) is 20.1. The number of hydrazone groups is 1. The summed E-state index contributed by atoms with van der Waals surface area (Å²) in [5.41, 5.74) is 12.4. The SMILES string of the molecule is CCCCSc1nc(Nc2ccc(/C(C)=N/NC(N)=S)cc2)c(C#N)c(-c2ccccc2)n1. The van der Waals surface area contributed by atoms with Crippen molar-refractivity contribution in [3.63, 3.8) is 0 Å². The van der Waals surface area contributed by atoms with E-state index in [4.69, 9.17) is 22.9 Å². The molecule has 0 saturated heterocycles. The molecule has 2 aromatic carbocycles. The Labute approximate surface area is 203 Å². The Balaban J connectivity index is 1.94. The van der Waals surface area contributed by atoms with Crippen molar-refractivity contribution in [2.75, 3.05) is 11.1 Å². The number of nitrogens with zero attached hydrogens (tertiary/aromatic N) is 4. The molecular formula is C24H25N7S2. The Morgan fingerprint density at radius 2 is 1.88 bits per heavy atom. The molecule has 0 bridgehead atoms. The van der Waals surface area contributed by atoms with Crippen molar-refractivity contribution in [2.24, 2.45) is 10.8 Å². The molecule has 0 aliphatic heterocycles. The predicted molar refractivity (Wildman–Crippen MR) is 140 cm³/mol. The van der Waals surface area contributed by atoms with E-state index >= 15 is 0 Å². The number of nitrogens with one attached hydrogen (secondary N) is 2. The third-order valence-corrected chi connectivity index (χ3v) is 5.70. The summed E-state index contributed by atoms with van der Waals surface area (Å²) in [5.74, 6) is 1.41. The molecule has 0 aliphatic carbocycles. The normalized spacial score (nSPS) is 11.0. The molecule has 3 aromatic rings. The maximum atomic E-state index is 9.94. The lowest BCUT2D eigenvalue weighted by Gasteiger charge is -2.13. The highest BCUT2D eigenvalue weighted by Crippen LogP contribution is 2.30. The van der Waals surface area contributed by atoms with E-state index in [1.54, 1.807) is 11.8 Å². The van der Waals surface area contributed by atoms with Crippen LogP contribution in [0.25, 0.3) is 11.3 Å². The van der Waals surface area contributed by atoms with Gasteiger partial charge in [-0.3, -0.25) is 5.43 Å². The lowest BCUT2D eigenvalue weighted by molar-refractivity contribution is 0.889. The molecular weight excluding hydrogens is 450 g/mol. The zero-order valence-electron chi connectivity index (χ0n) is 18.5. The average Bonchev–Trinajstić information content (AvgIpc) is 2.83. The van der Waals surface area contributed by atoms with Gasteiger partial charge in [-0.1, -0.05) is 67.6 Å². The topological polar surface area (TPSA) is 112 Å². The molecule has 0 spiro atoms. The van der Waals surface area contributed by atoms with Gasteiger partial charge in [0.1, 0.15) is 11.6 Å². The van der Waals surface area contributed by atoms with Gasteiger partial charge in [0, 0.05) is 17.0 Å². The first-order valence-electron chi connectivity index (χ1n) is 10.5. The van der Waals surface area contributed by atoms with E-state index in [1.807, 2.05) is 61.5 Å². The number of rotatable bonds is 9. The van der Waals surface area contributed by atoms with E-state index in [1.165, 1.54) is 0 Å². The highest BCUT2D eigenvalue weighted by atomic mass is 32.2. The van der Waals surface area contributed by atoms with Crippen LogP contribution in [0.4, 0.5) is 11.5 Å². The number of aromatic nitrogens is 2. The van der Waals surface area contributed by atoms with Gasteiger partial charge in [0.15, 0.2) is 16.1 Å². The maximum absolute atomic E-state index is 9.94. The van der Waals surface area contributed by atoms with Gasteiger partial charge in [-0.25, -0.2) is 9.97 Å². The fourth-order valence-corrected chi connectivity index (χ4v) is 3.92. The summed E-state index contributed by atoms with van der Waals surface area (Å²) in [6, 6.07) is 19.7. The third kappa shape index (κ3) is 6.75. The molecule has 33 heavy (non-hydrogen) atoms. The Hall–Kier alpha value is -3.48. The highest BCUT2D eigenvalue weighted by Gasteiger charge is 2.16. The molecule has 0 radical (unpaired) electrons. The minimum Gasteiger partial charge on any atom is -0.375 e. The molecule has 3 rings (SSSR count). The number of thioether (sulfide) groups is 1. The van der Waals surface area contributed by atoms with Gasteiger partial charge in [-0.2, -0.15) is 10.4 Å². The Morgan fingerprint density at radius 1 is 1.15 bits per heavy atom. The third-order valence-electron chi connectivity index (χ3n) is 4.68. The quantitative estimate of drug-likeness (QED) is 0.0966. The van der Waals surface area contributed by atoms with Crippen molar-refractivity contribution in [3.05, 3.63) is 65.7 Å². The fraction of sp³-hybridized carbons (Fsp3) is 0.208. The number of hydrogen-bond acceptors (Lipinski definition) is 7. The lowest BCUT2D eigenvalue weighted by Crippen LogP contribution is -2.25. The molecule has 0 atom stereocenters. The molecule has 0 amide bonds. The van der Waals surface area contributed by atoms with Crippen LogP contribution in [0.2, 0.25) is 0 Å². The number of nitriles is 1. The van der Waals surface area contributed by atoms with Gasteiger partial charge in [-0.15, -0.1) is 0 Å². The van der Waals surface area contributed by atoms with Crippen LogP contribution in [0, 0.1) is 11.3 Å². The van der Waals surface area contributed by atoms with Crippen LogP contribution in [0.1, 0.15) is 37.8 Å². The van der Waals surface area contributed by atoms with E-state index in [2.05, 4.69) is 33.8 Å². The smallest absolute Gasteiger partial charge is 0.190 e. The van der Waals surface area contributed by atoms with Crippen LogP contribution in [0.5, 0.6) is 0 Å². The number of benzene rings is 2. The van der Waals surface area contributed by atoms with Crippen molar-refractivity contribution in [1.29, 1.82) is 5.26 Å². The fourth-order valence-electron chi connectivity index (χ4n) is 2.95. The van der Waals surface area contributed by atoms with E-state index in [9.17, 15) is 5.26 Å². The molecule has 4 N–H and O–H groups in total. The number of hydrogen-bond donors (Lipinski definition) is 3. The summed E-state index contributed by atoms with van der Waals surface area (Å²) < 4.78 is 0. The minimum absolute atomic E-state index is 0.113. The lowest BCUT2D eigenvalue weighted by atomic mass is 10.1. The Kier molecular flexibility index (Phi) is 8.75. The van der Waals surface area contributed by atoms with Crippen molar-refractivity contribution < 1.29 is 0 Å². The van der Waals surface area contributed by atoms with E-state index in [0.717, 1.165) is 41.1 Å². The van der Waals surface area contributed by atoms with Crippen molar-refractivity contribution in [2.45, 2.75) is 31.8 Å². The molecule has 1 aromatic heterocycles. The van der Waals surface area contributed by atoms with Gasteiger partial charge < -0.3 is 11.1 Å². The van der Waals surface area contributed by atoms with Gasteiger partial charge >= 0.3 is 0 Å². The summed E-state index contributed by atoms with van der Waals surface area (Å²) in [4.78, 5) is 9.37. The summed E-state index contributed by atoms with van der Waals surface area (Å²) in [5, 5.41) is 18.1. The standard InChI is InChI=1S/C24H25N7S2/c1-3-4-14-33-24-28-21(18-8-6-5-7-9-18)20(15-25)22(29-24)27-19-12-10-17(11-13-19)16(2)30-31-23(26)32/h5-13H,3-4,14H2,1-2H3,(H3,26,31,32)(H,27,28,29)/b30-16+. The molecule has 7 nitrogen and oxygen atoms in total. The Bertz CT molecular complexity index is 1170. The molecule has 0 saturated carbocycles.